The molecule has 3 heteroatoms. The number of aliphatic imine (C=N–C) groups is 1. The Labute approximate surface area is 144 Å². The van der Waals surface area contributed by atoms with E-state index in [2.05, 4.69) is 50.9 Å². The number of carbonyl (C=O) groups excluding carboxylic acids is 1. The summed E-state index contributed by atoms with van der Waals surface area (Å²) >= 11 is 0. The van der Waals surface area contributed by atoms with E-state index in [-0.39, 0.29) is 5.78 Å². The second-order valence-corrected chi connectivity index (χ2v) is 6.76. The van der Waals surface area contributed by atoms with Crippen molar-refractivity contribution >= 4 is 17.2 Å². The maximum atomic E-state index is 11.6. The zero-order chi connectivity index (χ0) is 17.9. The number of benzene rings is 1. The second-order valence-electron chi connectivity index (χ2n) is 6.76. The van der Waals surface area contributed by atoms with Gasteiger partial charge in [-0.1, -0.05) is 52.0 Å². The normalized spacial score (nSPS) is 12.1. The Balaban J connectivity index is 2.57. The van der Waals surface area contributed by atoms with Gasteiger partial charge in [0.05, 0.1) is 17.1 Å². The van der Waals surface area contributed by atoms with Gasteiger partial charge in [0.1, 0.15) is 5.69 Å². The molecular formula is C21H26N2O. The molecule has 1 heterocycles. The van der Waals surface area contributed by atoms with Gasteiger partial charge in [0, 0.05) is 6.92 Å². The minimum atomic E-state index is -0.0323. The van der Waals surface area contributed by atoms with Crippen LogP contribution in [-0.4, -0.2) is 16.5 Å². The van der Waals surface area contributed by atoms with Crippen LogP contribution in [0.25, 0.3) is 0 Å². The number of ketones is 1. The average molecular weight is 322 g/mol. The summed E-state index contributed by atoms with van der Waals surface area (Å²) in [5, 5.41) is 0. The maximum absolute atomic E-state index is 11.6. The monoisotopic (exact) mass is 322 g/mol. The molecule has 2 aromatic rings. The molecule has 0 radical (unpaired) electrons. The highest BCUT2D eigenvalue weighted by Crippen LogP contribution is 2.35. The molecule has 0 aliphatic heterocycles. The Kier molecular flexibility index (Phi) is 5.66. The van der Waals surface area contributed by atoms with Gasteiger partial charge in [0.15, 0.2) is 5.78 Å². The lowest BCUT2D eigenvalue weighted by atomic mass is 9.93. The van der Waals surface area contributed by atoms with E-state index in [1.54, 1.807) is 6.07 Å². The lowest BCUT2D eigenvalue weighted by Gasteiger charge is -2.17. The van der Waals surface area contributed by atoms with Crippen LogP contribution in [-0.2, 0) is 0 Å². The molecule has 0 bridgehead atoms. The highest BCUT2D eigenvalue weighted by Gasteiger charge is 2.14. The average Bonchev–Trinajstić information content (AvgIpc) is 2.54. The first kappa shape index (κ1) is 18.1. The van der Waals surface area contributed by atoms with Crippen LogP contribution in [0.1, 0.15) is 80.7 Å². The zero-order valence-electron chi connectivity index (χ0n) is 15.4. The molecule has 0 fully saturated rings. The number of Topliss-reactive ketones (excluding diaryl/α,β-unsaturated/α-hetero) is 1. The van der Waals surface area contributed by atoms with Gasteiger partial charge >= 0.3 is 0 Å². The van der Waals surface area contributed by atoms with E-state index in [1.807, 2.05) is 19.1 Å². The van der Waals surface area contributed by atoms with Crippen molar-refractivity contribution in [3.8, 4) is 0 Å². The Morgan fingerprint density at radius 1 is 0.875 bits per heavy atom. The molecule has 2 rings (SSSR count). The van der Waals surface area contributed by atoms with Gasteiger partial charge in [-0.2, -0.15) is 0 Å². The van der Waals surface area contributed by atoms with Gasteiger partial charge in [0.25, 0.3) is 0 Å². The molecule has 0 unspecified atom stereocenters. The summed E-state index contributed by atoms with van der Waals surface area (Å²) in [4.78, 5) is 20.9. The fourth-order valence-electron chi connectivity index (χ4n) is 2.70. The number of para-hydroxylation sites is 1. The highest BCUT2D eigenvalue weighted by atomic mass is 16.1. The first-order chi connectivity index (χ1) is 11.3. The van der Waals surface area contributed by atoms with Gasteiger partial charge in [-0.3, -0.25) is 9.79 Å². The molecule has 0 saturated heterocycles. The van der Waals surface area contributed by atoms with Crippen molar-refractivity contribution in [1.29, 1.82) is 0 Å². The SMILES string of the molecule is CC(=O)c1cccc(C(C)=Nc2c(C(C)C)cccc2C(C)C)n1. The van der Waals surface area contributed by atoms with Crippen LogP contribution in [0.4, 0.5) is 5.69 Å². The molecule has 1 aromatic carbocycles. The molecule has 1 aromatic heterocycles. The number of nitrogens with zero attached hydrogens (tertiary/aromatic N) is 2. The summed E-state index contributed by atoms with van der Waals surface area (Å²) in [5.74, 6) is 0.758. The molecule has 3 nitrogen and oxygen atoms in total. The Morgan fingerprint density at radius 2 is 1.38 bits per heavy atom. The van der Waals surface area contributed by atoms with E-state index in [0.717, 1.165) is 17.1 Å². The van der Waals surface area contributed by atoms with Crippen LogP contribution in [0.3, 0.4) is 0 Å². The third kappa shape index (κ3) is 3.97. The number of hydrogen-bond acceptors (Lipinski definition) is 3. The van der Waals surface area contributed by atoms with E-state index in [4.69, 9.17) is 4.99 Å². The van der Waals surface area contributed by atoms with Crippen LogP contribution in [0, 0.1) is 0 Å². The van der Waals surface area contributed by atoms with Crippen molar-refractivity contribution in [1.82, 2.24) is 4.98 Å². The number of pyridine rings is 1. The standard InChI is InChI=1S/C21H26N2O/c1-13(2)17-9-7-10-18(14(3)4)21(17)22-15(5)19-11-8-12-20(23-19)16(6)24/h7-14H,1-6H3. The van der Waals surface area contributed by atoms with E-state index < -0.39 is 0 Å². The van der Waals surface area contributed by atoms with Gasteiger partial charge in [0.2, 0.25) is 0 Å². The lowest BCUT2D eigenvalue weighted by Crippen LogP contribution is -2.05. The quantitative estimate of drug-likeness (QED) is 0.525. The molecule has 126 valence electrons. The second kappa shape index (κ2) is 7.52. The molecule has 0 N–H and O–H groups in total. The summed E-state index contributed by atoms with van der Waals surface area (Å²) in [6.45, 7) is 12.2. The third-order valence-corrected chi connectivity index (χ3v) is 4.10. The van der Waals surface area contributed by atoms with Crippen molar-refractivity contribution in [2.24, 2.45) is 4.99 Å². The van der Waals surface area contributed by atoms with Crippen LogP contribution in [0.2, 0.25) is 0 Å². The minimum absolute atomic E-state index is 0.0323. The largest absolute Gasteiger partial charge is 0.293 e. The van der Waals surface area contributed by atoms with Gasteiger partial charge in [-0.15, -0.1) is 0 Å². The topological polar surface area (TPSA) is 42.3 Å². The van der Waals surface area contributed by atoms with Crippen LogP contribution < -0.4 is 0 Å². The molecule has 0 atom stereocenters. The van der Waals surface area contributed by atoms with Crippen molar-refractivity contribution in [2.45, 2.75) is 53.4 Å². The Hall–Kier alpha value is -2.29. The van der Waals surface area contributed by atoms with Crippen molar-refractivity contribution < 1.29 is 4.79 Å². The first-order valence-electron chi connectivity index (χ1n) is 8.47. The number of hydrogen-bond donors (Lipinski definition) is 0. The van der Waals surface area contributed by atoms with Crippen LogP contribution >= 0.6 is 0 Å². The van der Waals surface area contributed by atoms with E-state index in [9.17, 15) is 4.79 Å². The van der Waals surface area contributed by atoms with Crippen molar-refractivity contribution in [3.63, 3.8) is 0 Å². The number of aromatic nitrogens is 1. The van der Waals surface area contributed by atoms with Crippen molar-refractivity contribution in [3.05, 3.63) is 58.9 Å². The van der Waals surface area contributed by atoms with Gasteiger partial charge < -0.3 is 0 Å². The highest BCUT2D eigenvalue weighted by molar-refractivity contribution is 6.00. The molecular weight excluding hydrogens is 296 g/mol. The Morgan fingerprint density at radius 3 is 1.88 bits per heavy atom. The van der Waals surface area contributed by atoms with E-state index in [1.165, 1.54) is 18.1 Å². The molecule has 0 spiro atoms. The van der Waals surface area contributed by atoms with Crippen molar-refractivity contribution in [2.75, 3.05) is 0 Å². The fraction of sp³-hybridized carbons (Fsp3) is 0.381. The number of carbonyl (C=O) groups is 1. The predicted molar refractivity (Wildman–Crippen MR) is 101 cm³/mol. The summed E-state index contributed by atoms with van der Waals surface area (Å²) in [7, 11) is 0. The predicted octanol–water partition coefficient (Wildman–Crippen LogP) is 5.67. The molecule has 0 amide bonds. The van der Waals surface area contributed by atoms with Crippen LogP contribution in [0.5, 0.6) is 0 Å². The third-order valence-electron chi connectivity index (χ3n) is 4.10. The molecule has 24 heavy (non-hydrogen) atoms. The van der Waals surface area contributed by atoms with E-state index in [0.29, 0.717) is 17.5 Å². The summed E-state index contributed by atoms with van der Waals surface area (Å²) in [6.07, 6.45) is 0. The maximum Gasteiger partial charge on any atom is 0.178 e. The number of rotatable bonds is 5. The minimum Gasteiger partial charge on any atom is -0.293 e. The molecule has 0 aliphatic rings. The lowest BCUT2D eigenvalue weighted by molar-refractivity contribution is 0.101. The summed E-state index contributed by atoms with van der Waals surface area (Å²) in [6, 6.07) is 11.9. The summed E-state index contributed by atoms with van der Waals surface area (Å²) in [5.41, 5.74) is 5.56. The fourth-order valence-corrected chi connectivity index (χ4v) is 2.70. The molecule has 0 saturated carbocycles. The van der Waals surface area contributed by atoms with E-state index >= 15 is 0 Å². The van der Waals surface area contributed by atoms with Gasteiger partial charge in [-0.25, -0.2) is 4.98 Å². The zero-order valence-corrected chi connectivity index (χ0v) is 15.4. The molecule has 0 aliphatic carbocycles. The summed E-state index contributed by atoms with van der Waals surface area (Å²) < 4.78 is 0. The smallest absolute Gasteiger partial charge is 0.178 e. The van der Waals surface area contributed by atoms with Crippen LogP contribution in [0.15, 0.2) is 41.4 Å². The first-order valence-corrected chi connectivity index (χ1v) is 8.47. The Bertz CT molecular complexity index is 747. The van der Waals surface area contributed by atoms with Gasteiger partial charge in [-0.05, 0) is 42.0 Å².